The molecule has 0 spiro atoms. The lowest BCUT2D eigenvalue weighted by Crippen LogP contribution is -2.56. The van der Waals surface area contributed by atoms with Crippen LogP contribution in [0.5, 0.6) is 0 Å². The van der Waals surface area contributed by atoms with Crippen LogP contribution in [0.1, 0.15) is 60.3 Å². The van der Waals surface area contributed by atoms with Gasteiger partial charge in [0, 0.05) is 18.1 Å². The Labute approximate surface area is 101 Å². The maximum Gasteiger partial charge on any atom is 0.0306 e. The molecule has 96 valence electrons. The van der Waals surface area contributed by atoms with Gasteiger partial charge in [0.15, 0.2) is 0 Å². The molecular formula is C14H30N2. The van der Waals surface area contributed by atoms with Gasteiger partial charge in [-0.05, 0) is 37.0 Å². The van der Waals surface area contributed by atoms with Crippen molar-refractivity contribution in [3.8, 4) is 0 Å². The molecule has 2 heteroatoms. The summed E-state index contributed by atoms with van der Waals surface area (Å²) < 4.78 is 0. The van der Waals surface area contributed by atoms with Gasteiger partial charge >= 0.3 is 0 Å². The van der Waals surface area contributed by atoms with Crippen LogP contribution in [0.25, 0.3) is 0 Å². The molecule has 0 unspecified atom stereocenters. The Morgan fingerprint density at radius 1 is 1.25 bits per heavy atom. The minimum absolute atomic E-state index is 0.218. The fraction of sp³-hybridized carbons (Fsp3) is 1.00. The molecule has 1 aliphatic rings. The first-order valence-electron chi connectivity index (χ1n) is 6.77. The second kappa shape index (κ2) is 5.05. The van der Waals surface area contributed by atoms with E-state index in [1.807, 2.05) is 0 Å². The smallest absolute Gasteiger partial charge is 0.0306 e. The summed E-state index contributed by atoms with van der Waals surface area (Å²) in [6, 6.07) is 0.537. The molecule has 2 nitrogen and oxygen atoms in total. The highest BCUT2D eigenvalue weighted by Crippen LogP contribution is 2.41. The molecule has 3 N–H and O–H groups in total. The molecule has 1 aliphatic carbocycles. The third kappa shape index (κ3) is 3.46. The molecule has 16 heavy (non-hydrogen) atoms. The Balaban J connectivity index is 2.57. The fourth-order valence-electron chi connectivity index (χ4n) is 3.06. The predicted molar refractivity (Wildman–Crippen MR) is 71.5 cm³/mol. The van der Waals surface area contributed by atoms with Gasteiger partial charge < -0.3 is 11.1 Å². The van der Waals surface area contributed by atoms with Crippen LogP contribution >= 0.6 is 0 Å². The Hall–Kier alpha value is -0.0800. The average molecular weight is 226 g/mol. The Kier molecular flexibility index (Phi) is 4.42. The number of nitrogens with two attached hydrogens (primary N) is 1. The van der Waals surface area contributed by atoms with Crippen LogP contribution in [0, 0.1) is 11.3 Å². The van der Waals surface area contributed by atoms with Crippen molar-refractivity contribution in [2.24, 2.45) is 17.1 Å². The third-order valence-electron chi connectivity index (χ3n) is 4.15. The largest absolute Gasteiger partial charge is 0.329 e. The van der Waals surface area contributed by atoms with Crippen molar-refractivity contribution in [3.63, 3.8) is 0 Å². The van der Waals surface area contributed by atoms with E-state index in [2.05, 4.69) is 39.9 Å². The Morgan fingerprint density at radius 3 is 2.06 bits per heavy atom. The lowest BCUT2D eigenvalue weighted by Gasteiger charge is -2.45. The van der Waals surface area contributed by atoms with E-state index < -0.39 is 0 Å². The van der Waals surface area contributed by atoms with Crippen LogP contribution in [-0.2, 0) is 0 Å². The molecule has 0 saturated heterocycles. The molecule has 0 aromatic rings. The standard InChI is InChI=1S/C14H30N2/c1-11(2)16-14(10-15)8-6-12(7-9-14)13(3,4)5/h11-12,16H,6-10,15H2,1-5H3. The van der Waals surface area contributed by atoms with E-state index in [0.717, 1.165) is 12.5 Å². The summed E-state index contributed by atoms with van der Waals surface area (Å²) in [4.78, 5) is 0. The molecule has 0 amide bonds. The SMILES string of the molecule is CC(C)NC1(CN)CCC(C(C)(C)C)CC1. The van der Waals surface area contributed by atoms with Gasteiger partial charge in [0.05, 0.1) is 0 Å². The quantitative estimate of drug-likeness (QED) is 0.776. The predicted octanol–water partition coefficient (Wildman–Crippen LogP) is 2.92. The molecule has 0 aliphatic heterocycles. The summed E-state index contributed by atoms with van der Waals surface area (Å²) in [5.41, 5.74) is 6.65. The zero-order chi connectivity index (χ0) is 12.4. The Morgan fingerprint density at radius 2 is 1.75 bits per heavy atom. The van der Waals surface area contributed by atoms with Gasteiger partial charge in [0.1, 0.15) is 0 Å². The molecule has 1 saturated carbocycles. The van der Waals surface area contributed by atoms with Crippen molar-refractivity contribution in [2.75, 3.05) is 6.54 Å². The Bertz CT molecular complexity index is 207. The topological polar surface area (TPSA) is 38.0 Å². The number of hydrogen-bond acceptors (Lipinski definition) is 2. The number of nitrogens with one attached hydrogen (secondary N) is 1. The second-order valence-electron chi connectivity index (χ2n) is 6.92. The lowest BCUT2D eigenvalue weighted by molar-refractivity contribution is 0.113. The summed E-state index contributed by atoms with van der Waals surface area (Å²) in [6.45, 7) is 12.3. The molecule has 0 heterocycles. The molecule has 0 bridgehead atoms. The van der Waals surface area contributed by atoms with Crippen LogP contribution < -0.4 is 11.1 Å². The molecule has 0 radical (unpaired) electrons. The number of rotatable bonds is 3. The van der Waals surface area contributed by atoms with Gasteiger partial charge in [-0.15, -0.1) is 0 Å². The van der Waals surface area contributed by atoms with Crippen LogP contribution in [-0.4, -0.2) is 18.1 Å². The van der Waals surface area contributed by atoms with Crippen LogP contribution in [0.2, 0.25) is 0 Å². The van der Waals surface area contributed by atoms with E-state index in [1.165, 1.54) is 25.7 Å². The average Bonchev–Trinajstić information content (AvgIpc) is 2.16. The normalized spacial score (nSPS) is 32.1. The van der Waals surface area contributed by atoms with Crippen molar-refractivity contribution in [2.45, 2.75) is 71.9 Å². The van der Waals surface area contributed by atoms with Crippen molar-refractivity contribution >= 4 is 0 Å². The molecular weight excluding hydrogens is 196 g/mol. The highest BCUT2D eigenvalue weighted by atomic mass is 15.0. The second-order valence-corrected chi connectivity index (χ2v) is 6.92. The highest BCUT2D eigenvalue weighted by molar-refractivity contribution is 4.96. The van der Waals surface area contributed by atoms with Crippen molar-refractivity contribution < 1.29 is 0 Å². The van der Waals surface area contributed by atoms with E-state index >= 15 is 0 Å². The van der Waals surface area contributed by atoms with Crippen molar-refractivity contribution in [3.05, 3.63) is 0 Å². The van der Waals surface area contributed by atoms with Gasteiger partial charge in [-0.25, -0.2) is 0 Å². The highest BCUT2D eigenvalue weighted by Gasteiger charge is 2.37. The molecule has 1 fully saturated rings. The lowest BCUT2D eigenvalue weighted by atomic mass is 9.67. The van der Waals surface area contributed by atoms with Crippen LogP contribution in [0.15, 0.2) is 0 Å². The first-order valence-corrected chi connectivity index (χ1v) is 6.77. The summed E-state index contributed by atoms with van der Waals surface area (Å²) in [6.07, 6.45) is 5.12. The summed E-state index contributed by atoms with van der Waals surface area (Å²) in [7, 11) is 0. The van der Waals surface area contributed by atoms with Gasteiger partial charge in [0.2, 0.25) is 0 Å². The van der Waals surface area contributed by atoms with E-state index in [1.54, 1.807) is 0 Å². The molecule has 0 atom stereocenters. The van der Waals surface area contributed by atoms with Crippen LogP contribution in [0.4, 0.5) is 0 Å². The fourth-order valence-corrected chi connectivity index (χ4v) is 3.06. The zero-order valence-corrected chi connectivity index (χ0v) is 11.8. The minimum atomic E-state index is 0.218. The van der Waals surface area contributed by atoms with E-state index in [-0.39, 0.29) is 5.54 Å². The molecule has 0 aromatic carbocycles. The summed E-state index contributed by atoms with van der Waals surface area (Å²) >= 11 is 0. The van der Waals surface area contributed by atoms with Gasteiger partial charge in [-0.3, -0.25) is 0 Å². The zero-order valence-electron chi connectivity index (χ0n) is 11.8. The van der Waals surface area contributed by atoms with E-state index in [4.69, 9.17) is 5.73 Å². The van der Waals surface area contributed by atoms with Gasteiger partial charge in [-0.2, -0.15) is 0 Å². The summed E-state index contributed by atoms with van der Waals surface area (Å²) in [5, 5.41) is 3.69. The molecule has 0 aromatic heterocycles. The van der Waals surface area contributed by atoms with Crippen molar-refractivity contribution in [1.82, 2.24) is 5.32 Å². The maximum atomic E-state index is 5.98. The van der Waals surface area contributed by atoms with Crippen molar-refractivity contribution in [1.29, 1.82) is 0 Å². The van der Waals surface area contributed by atoms with E-state index in [0.29, 0.717) is 11.5 Å². The van der Waals surface area contributed by atoms with Gasteiger partial charge in [0.25, 0.3) is 0 Å². The molecule has 1 rings (SSSR count). The minimum Gasteiger partial charge on any atom is -0.329 e. The summed E-state index contributed by atoms with van der Waals surface area (Å²) in [5.74, 6) is 0.862. The van der Waals surface area contributed by atoms with Gasteiger partial charge in [-0.1, -0.05) is 34.6 Å². The number of hydrogen-bond donors (Lipinski definition) is 2. The first-order chi connectivity index (χ1) is 7.29. The van der Waals surface area contributed by atoms with E-state index in [9.17, 15) is 0 Å². The maximum absolute atomic E-state index is 5.98. The van der Waals surface area contributed by atoms with Crippen LogP contribution in [0.3, 0.4) is 0 Å². The first kappa shape index (κ1) is 14.0. The monoisotopic (exact) mass is 226 g/mol. The third-order valence-corrected chi connectivity index (χ3v) is 4.15.